The van der Waals surface area contributed by atoms with Crippen LogP contribution in [0.4, 0.5) is 4.79 Å². The van der Waals surface area contributed by atoms with Gasteiger partial charge in [-0.1, -0.05) is 30.3 Å². The summed E-state index contributed by atoms with van der Waals surface area (Å²) in [6, 6.07) is 9.43. The van der Waals surface area contributed by atoms with Gasteiger partial charge in [-0.05, 0) is 5.56 Å². The molecule has 4 N–H and O–H groups in total. The number of rotatable bonds is 4. The van der Waals surface area contributed by atoms with Gasteiger partial charge in [0.15, 0.2) is 0 Å². The molecule has 5 heteroatoms. The molecule has 0 aliphatic carbocycles. The van der Waals surface area contributed by atoms with Crippen LogP contribution in [0.25, 0.3) is 0 Å². The first-order valence-electron chi connectivity index (χ1n) is 5.67. The van der Waals surface area contributed by atoms with E-state index in [-0.39, 0.29) is 12.6 Å². The normalized spacial score (nSPS) is 17.0. The van der Waals surface area contributed by atoms with Crippen LogP contribution in [0.5, 0.6) is 0 Å². The lowest BCUT2D eigenvalue weighted by Gasteiger charge is -2.37. The molecule has 0 saturated carbocycles. The molecule has 0 spiro atoms. The molecule has 0 unspecified atom stereocenters. The summed E-state index contributed by atoms with van der Waals surface area (Å²) in [5.41, 5.74) is 0.274. The molecule has 92 valence electrons. The third-order valence-electron chi connectivity index (χ3n) is 2.78. The second kappa shape index (κ2) is 5.16. The molecule has 0 atom stereocenters. The number of benzene rings is 1. The van der Waals surface area contributed by atoms with Gasteiger partial charge in [0.05, 0.1) is 6.54 Å². The van der Waals surface area contributed by atoms with Gasteiger partial charge in [-0.15, -0.1) is 0 Å². The lowest BCUT2D eigenvalue weighted by molar-refractivity contribution is -0.00608. The highest BCUT2D eigenvalue weighted by molar-refractivity contribution is 5.73. The minimum absolute atomic E-state index is 0.255. The second-order valence-electron chi connectivity index (χ2n) is 4.35. The summed E-state index contributed by atoms with van der Waals surface area (Å²) in [7, 11) is 0. The minimum atomic E-state index is -0.774. The highest BCUT2D eigenvalue weighted by Crippen LogP contribution is 2.07. The van der Waals surface area contributed by atoms with Crippen molar-refractivity contribution < 1.29 is 9.90 Å². The van der Waals surface area contributed by atoms with E-state index in [1.165, 1.54) is 0 Å². The maximum absolute atomic E-state index is 11.4. The van der Waals surface area contributed by atoms with Crippen LogP contribution in [0.3, 0.4) is 0 Å². The third kappa shape index (κ3) is 3.44. The van der Waals surface area contributed by atoms with Gasteiger partial charge in [-0.25, -0.2) is 4.79 Å². The highest BCUT2D eigenvalue weighted by Gasteiger charge is 2.34. The van der Waals surface area contributed by atoms with Crippen LogP contribution in [0.2, 0.25) is 0 Å². The molecule has 1 heterocycles. The summed E-state index contributed by atoms with van der Waals surface area (Å²) >= 11 is 0. The van der Waals surface area contributed by atoms with E-state index in [1.807, 2.05) is 30.3 Å². The van der Waals surface area contributed by atoms with Crippen molar-refractivity contribution in [2.75, 3.05) is 19.6 Å². The molecule has 0 bridgehead atoms. The summed E-state index contributed by atoms with van der Waals surface area (Å²) in [4.78, 5) is 11.4. The number of hydrogen-bond acceptors (Lipinski definition) is 3. The average molecular weight is 235 g/mol. The van der Waals surface area contributed by atoms with Crippen molar-refractivity contribution in [3.05, 3.63) is 35.9 Å². The Kier molecular flexibility index (Phi) is 3.61. The fraction of sp³-hybridized carbons (Fsp3) is 0.417. The maximum atomic E-state index is 11.4. The molecule has 2 rings (SSSR count). The number of urea groups is 1. The minimum Gasteiger partial charge on any atom is -0.385 e. The van der Waals surface area contributed by atoms with Gasteiger partial charge in [0.25, 0.3) is 0 Å². The number of hydrogen-bond donors (Lipinski definition) is 4. The number of carbonyl (C=O) groups is 1. The zero-order valence-electron chi connectivity index (χ0n) is 9.57. The van der Waals surface area contributed by atoms with Crippen molar-refractivity contribution in [1.82, 2.24) is 16.0 Å². The van der Waals surface area contributed by atoms with Crippen molar-refractivity contribution in [1.29, 1.82) is 0 Å². The van der Waals surface area contributed by atoms with E-state index in [0.29, 0.717) is 19.6 Å². The third-order valence-corrected chi connectivity index (χ3v) is 2.78. The van der Waals surface area contributed by atoms with E-state index in [1.54, 1.807) is 0 Å². The zero-order chi connectivity index (χ0) is 12.1. The Morgan fingerprint density at radius 3 is 2.59 bits per heavy atom. The Morgan fingerprint density at radius 2 is 2.00 bits per heavy atom. The van der Waals surface area contributed by atoms with E-state index >= 15 is 0 Å². The largest absolute Gasteiger partial charge is 0.385 e. The van der Waals surface area contributed by atoms with E-state index in [2.05, 4.69) is 16.0 Å². The molecule has 0 radical (unpaired) electrons. The smallest absolute Gasteiger partial charge is 0.315 e. The molecule has 1 saturated heterocycles. The molecule has 0 aromatic heterocycles. The van der Waals surface area contributed by atoms with Crippen LogP contribution in [0.1, 0.15) is 5.56 Å². The Bertz CT molecular complexity index is 377. The van der Waals surface area contributed by atoms with E-state index in [0.717, 1.165) is 5.56 Å². The van der Waals surface area contributed by atoms with Gasteiger partial charge in [0.1, 0.15) is 5.60 Å². The molecule has 2 amide bonds. The summed E-state index contributed by atoms with van der Waals surface area (Å²) < 4.78 is 0. The number of β-amino-alcohol motifs (C(OH)–C–C–N with tert-alkyl or cyclic N) is 1. The number of nitrogens with one attached hydrogen (secondary N) is 3. The van der Waals surface area contributed by atoms with Gasteiger partial charge in [0.2, 0.25) is 0 Å². The van der Waals surface area contributed by atoms with Gasteiger partial charge in [0, 0.05) is 19.6 Å². The summed E-state index contributed by atoms with van der Waals surface area (Å²) in [6.45, 7) is 1.84. The van der Waals surface area contributed by atoms with Gasteiger partial charge < -0.3 is 21.1 Å². The quantitative estimate of drug-likeness (QED) is 0.585. The fourth-order valence-corrected chi connectivity index (χ4v) is 1.62. The molecule has 1 aliphatic rings. The molecular formula is C12H17N3O2. The first kappa shape index (κ1) is 11.9. The van der Waals surface area contributed by atoms with Crippen molar-refractivity contribution in [3.8, 4) is 0 Å². The molecule has 1 fully saturated rings. The van der Waals surface area contributed by atoms with Crippen molar-refractivity contribution >= 4 is 6.03 Å². The van der Waals surface area contributed by atoms with Crippen LogP contribution in [0, 0.1) is 0 Å². The summed E-state index contributed by atoms with van der Waals surface area (Å²) in [6.07, 6.45) is 0. The average Bonchev–Trinajstić information content (AvgIpc) is 2.33. The number of aliphatic hydroxyl groups is 1. The van der Waals surface area contributed by atoms with Gasteiger partial charge in [-0.2, -0.15) is 0 Å². The van der Waals surface area contributed by atoms with Gasteiger partial charge in [-0.3, -0.25) is 0 Å². The maximum Gasteiger partial charge on any atom is 0.315 e. The molecular weight excluding hydrogens is 218 g/mol. The van der Waals surface area contributed by atoms with Crippen LogP contribution in [0.15, 0.2) is 30.3 Å². The molecule has 17 heavy (non-hydrogen) atoms. The summed E-state index contributed by atoms with van der Waals surface area (Å²) in [5.74, 6) is 0. The first-order valence-corrected chi connectivity index (χ1v) is 5.67. The van der Waals surface area contributed by atoms with Crippen LogP contribution < -0.4 is 16.0 Å². The molecule has 5 nitrogen and oxygen atoms in total. The Balaban J connectivity index is 1.67. The standard InChI is InChI=1S/C12H17N3O2/c16-11(15-9-12(17)7-13-8-12)14-6-10-4-2-1-3-5-10/h1-5,13,17H,6-9H2,(H2,14,15,16). The van der Waals surface area contributed by atoms with E-state index in [9.17, 15) is 9.90 Å². The van der Waals surface area contributed by atoms with Crippen LogP contribution >= 0.6 is 0 Å². The van der Waals surface area contributed by atoms with Crippen molar-refractivity contribution in [2.45, 2.75) is 12.1 Å². The van der Waals surface area contributed by atoms with E-state index < -0.39 is 5.60 Å². The molecule has 1 aliphatic heterocycles. The summed E-state index contributed by atoms with van der Waals surface area (Å²) in [5, 5.41) is 18.1. The van der Waals surface area contributed by atoms with Gasteiger partial charge >= 0.3 is 6.03 Å². The predicted octanol–water partition coefficient (Wildman–Crippen LogP) is -0.180. The van der Waals surface area contributed by atoms with Crippen molar-refractivity contribution in [3.63, 3.8) is 0 Å². The highest BCUT2D eigenvalue weighted by atomic mass is 16.3. The molecule has 1 aromatic rings. The first-order chi connectivity index (χ1) is 8.18. The topological polar surface area (TPSA) is 73.4 Å². The monoisotopic (exact) mass is 235 g/mol. The zero-order valence-corrected chi connectivity index (χ0v) is 9.57. The van der Waals surface area contributed by atoms with Crippen molar-refractivity contribution in [2.24, 2.45) is 0 Å². The lowest BCUT2D eigenvalue weighted by Crippen LogP contribution is -2.65. The van der Waals surface area contributed by atoms with Crippen LogP contribution in [-0.4, -0.2) is 36.4 Å². The Morgan fingerprint density at radius 1 is 1.29 bits per heavy atom. The fourth-order valence-electron chi connectivity index (χ4n) is 1.62. The number of amides is 2. The second-order valence-corrected chi connectivity index (χ2v) is 4.35. The predicted molar refractivity (Wildman–Crippen MR) is 64.5 cm³/mol. The number of carbonyl (C=O) groups excluding carboxylic acids is 1. The van der Waals surface area contributed by atoms with Crippen LogP contribution in [-0.2, 0) is 6.54 Å². The SMILES string of the molecule is O=C(NCc1ccccc1)NCC1(O)CNC1. The van der Waals surface area contributed by atoms with E-state index in [4.69, 9.17) is 0 Å². The molecule has 1 aromatic carbocycles. The lowest BCUT2D eigenvalue weighted by atomic mass is 9.98. The Hall–Kier alpha value is -1.59. The Labute approximate surface area is 100 Å².